The molecule has 0 radical (unpaired) electrons. The molecule has 0 bridgehead atoms. The van der Waals surface area contributed by atoms with E-state index in [-0.39, 0.29) is 11.3 Å². The number of hydrogen-bond acceptors (Lipinski definition) is 4. The van der Waals surface area contributed by atoms with Gasteiger partial charge < -0.3 is 21.3 Å². The fraction of sp³-hybridized carbons (Fsp3) is 0.462. The Morgan fingerprint density at radius 2 is 2.00 bits per heavy atom. The molecule has 1 aromatic carbocycles. The lowest BCUT2D eigenvalue weighted by Gasteiger charge is -2.31. The summed E-state index contributed by atoms with van der Waals surface area (Å²) in [6.07, 6.45) is -0.580. The topological polar surface area (TPSA) is 95.6 Å². The van der Waals surface area contributed by atoms with Gasteiger partial charge in [0.25, 0.3) is 0 Å². The van der Waals surface area contributed by atoms with Gasteiger partial charge in [-0.1, -0.05) is 0 Å². The van der Waals surface area contributed by atoms with Crippen molar-refractivity contribution >= 4 is 17.3 Å². The highest BCUT2D eigenvalue weighted by molar-refractivity contribution is 5.95. The maximum Gasteiger partial charge on any atom is 0.337 e. The first-order valence-electron chi connectivity index (χ1n) is 5.75. The molecule has 1 unspecified atom stereocenters. The van der Waals surface area contributed by atoms with E-state index in [1.807, 2.05) is 13.8 Å². The minimum atomic E-state index is -1.06. The van der Waals surface area contributed by atoms with Crippen LogP contribution in [0.1, 0.15) is 36.7 Å². The number of carboxylic acids is 1. The van der Waals surface area contributed by atoms with E-state index in [0.29, 0.717) is 11.3 Å². The predicted molar refractivity (Wildman–Crippen MR) is 71.9 cm³/mol. The zero-order valence-electron chi connectivity index (χ0n) is 11.1. The average Bonchev–Trinajstić information content (AvgIpc) is 2.21. The van der Waals surface area contributed by atoms with Crippen LogP contribution in [-0.4, -0.2) is 27.8 Å². The molecule has 18 heavy (non-hydrogen) atoms. The molecule has 1 rings (SSSR count). The molecule has 0 saturated heterocycles. The van der Waals surface area contributed by atoms with Crippen molar-refractivity contribution in [2.45, 2.75) is 39.3 Å². The van der Waals surface area contributed by atoms with Crippen LogP contribution in [0, 0.1) is 6.92 Å². The van der Waals surface area contributed by atoms with Gasteiger partial charge in [-0.3, -0.25) is 0 Å². The summed E-state index contributed by atoms with van der Waals surface area (Å²) < 4.78 is 0. The third kappa shape index (κ3) is 2.92. The molecule has 0 fully saturated rings. The van der Waals surface area contributed by atoms with E-state index in [4.69, 9.17) is 10.8 Å². The van der Waals surface area contributed by atoms with Crippen LogP contribution in [0.2, 0.25) is 0 Å². The summed E-state index contributed by atoms with van der Waals surface area (Å²) in [5, 5.41) is 21.8. The van der Waals surface area contributed by atoms with Crippen LogP contribution in [0.15, 0.2) is 12.1 Å². The zero-order chi connectivity index (χ0) is 14.1. The van der Waals surface area contributed by atoms with E-state index in [1.54, 1.807) is 19.9 Å². The molecule has 1 aromatic rings. The first-order valence-corrected chi connectivity index (χ1v) is 5.75. The molecule has 0 saturated carbocycles. The van der Waals surface area contributed by atoms with Gasteiger partial charge in [0.05, 0.1) is 17.2 Å². The average molecular weight is 252 g/mol. The Morgan fingerprint density at radius 3 is 2.44 bits per heavy atom. The Labute approximate surface area is 107 Å². The second kappa shape index (κ2) is 4.86. The van der Waals surface area contributed by atoms with Crippen molar-refractivity contribution in [3.63, 3.8) is 0 Å². The SMILES string of the molecule is Cc1cc(NC(C)(C)C(C)O)cc(C(=O)O)c1N. The minimum absolute atomic E-state index is 0.0684. The van der Waals surface area contributed by atoms with Crippen LogP contribution >= 0.6 is 0 Å². The monoisotopic (exact) mass is 252 g/mol. The molecule has 0 heterocycles. The smallest absolute Gasteiger partial charge is 0.337 e. The van der Waals surface area contributed by atoms with E-state index in [1.165, 1.54) is 6.07 Å². The van der Waals surface area contributed by atoms with Gasteiger partial charge in [-0.15, -0.1) is 0 Å². The van der Waals surface area contributed by atoms with Gasteiger partial charge in [0.15, 0.2) is 0 Å². The van der Waals surface area contributed by atoms with Crippen molar-refractivity contribution in [1.29, 1.82) is 0 Å². The summed E-state index contributed by atoms with van der Waals surface area (Å²) in [6.45, 7) is 7.10. The number of benzene rings is 1. The Balaban J connectivity index is 3.16. The van der Waals surface area contributed by atoms with Crippen molar-refractivity contribution in [3.8, 4) is 0 Å². The van der Waals surface area contributed by atoms with Crippen molar-refractivity contribution < 1.29 is 15.0 Å². The molecule has 1 atom stereocenters. The first kappa shape index (κ1) is 14.3. The predicted octanol–water partition coefficient (Wildman–Crippen LogP) is 1.85. The number of carboxylic acid groups (broad SMARTS) is 1. The molecule has 0 aromatic heterocycles. The fourth-order valence-corrected chi connectivity index (χ4v) is 1.52. The number of aryl methyl sites for hydroxylation is 1. The number of rotatable bonds is 4. The molecule has 5 N–H and O–H groups in total. The number of anilines is 2. The van der Waals surface area contributed by atoms with Gasteiger partial charge in [-0.2, -0.15) is 0 Å². The number of nitrogens with one attached hydrogen (secondary N) is 1. The summed E-state index contributed by atoms with van der Waals surface area (Å²) in [5.41, 5.74) is 6.82. The summed E-state index contributed by atoms with van der Waals surface area (Å²) in [4.78, 5) is 11.1. The van der Waals surface area contributed by atoms with E-state index in [0.717, 1.165) is 0 Å². The number of nitrogen functional groups attached to an aromatic ring is 1. The molecule has 5 heteroatoms. The van der Waals surface area contributed by atoms with Crippen LogP contribution in [0.5, 0.6) is 0 Å². The van der Waals surface area contributed by atoms with Crippen molar-refractivity contribution in [2.75, 3.05) is 11.1 Å². The largest absolute Gasteiger partial charge is 0.478 e. The minimum Gasteiger partial charge on any atom is -0.478 e. The van der Waals surface area contributed by atoms with Crippen LogP contribution in [0.4, 0.5) is 11.4 Å². The van der Waals surface area contributed by atoms with Crippen molar-refractivity contribution in [1.82, 2.24) is 0 Å². The quantitative estimate of drug-likeness (QED) is 0.613. The summed E-state index contributed by atoms with van der Waals surface area (Å²) in [7, 11) is 0. The number of aliphatic hydroxyl groups excluding tert-OH is 1. The molecule has 0 spiro atoms. The molecule has 0 aliphatic carbocycles. The van der Waals surface area contributed by atoms with E-state index >= 15 is 0 Å². The van der Waals surface area contributed by atoms with Crippen molar-refractivity contribution in [2.24, 2.45) is 0 Å². The van der Waals surface area contributed by atoms with Crippen molar-refractivity contribution in [3.05, 3.63) is 23.3 Å². The number of hydrogen-bond donors (Lipinski definition) is 4. The van der Waals surface area contributed by atoms with Gasteiger partial charge in [0.2, 0.25) is 0 Å². The molecule has 0 aliphatic rings. The highest BCUT2D eigenvalue weighted by Gasteiger charge is 2.24. The van der Waals surface area contributed by atoms with Gasteiger partial charge in [0, 0.05) is 11.4 Å². The van der Waals surface area contributed by atoms with Crippen LogP contribution in [0.3, 0.4) is 0 Å². The Hall–Kier alpha value is -1.75. The van der Waals surface area contributed by atoms with Crippen LogP contribution < -0.4 is 11.1 Å². The van der Waals surface area contributed by atoms with Crippen LogP contribution in [0.25, 0.3) is 0 Å². The molecule has 0 amide bonds. The highest BCUT2D eigenvalue weighted by atomic mass is 16.4. The maximum atomic E-state index is 11.1. The van der Waals surface area contributed by atoms with Gasteiger partial charge >= 0.3 is 5.97 Å². The van der Waals surface area contributed by atoms with E-state index in [9.17, 15) is 9.90 Å². The molecular weight excluding hydrogens is 232 g/mol. The standard InChI is InChI=1S/C13H20N2O3/c1-7-5-9(15-13(3,4)8(2)16)6-10(11(7)14)12(17)18/h5-6,8,15-16H,14H2,1-4H3,(H,17,18). The third-order valence-corrected chi connectivity index (χ3v) is 3.13. The summed E-state index contributed by atoms with van der Waals surface area (Å²) in [6, 6.07) is 3.25. The third-order valence-electron chi connectivity index (χ3n) is 3.13. The Morgan fingerprint density at radius 1 is 1.44 bits per heavy atom. The second-order valence-electron chi connectivity index (χ2n) is 5.08. The summed E-state index contributed by atoms with van der Waals surface area (Å²) in [5.74, 6) is -1.06. The van der Waals surface area contributed by atoms with E-state index < -0.39 is 17.6 Å². The molecule has 0 aliphatic heterocycles. The highest BCUT2D eigenvalue weighted by Crippen LogP contribution is 2.26. The number of aromatic carboxylic acids is 1. The Kier molecular flexibility index (Phi) is 3.86. The lowest BCUT2D eigenvalue weighted by Crippen LogP contribution is -2.41. The molecular formula is C13H20N2O3. The van der Waals surface area contributed by atoms with Crippen LogP contribution in [-0.2, 0) is 0 Å². The maximum absolute atomic E-state index is 11.1. The molecule has 5 nitrogen and oxygen atoms in total. The number of nitrogens with two attached hydrogens (primary N) is 1. The number of aliphatic hydroxyl groups is 1. The van der Waals surface area contributed by atoms with Gasteiger partial charge in [-0.05, 0) is 45.4 Å². The Bertz CT molecular complexity index is 468. The van der Waals surface area contributed by atoms with E-state index in [2.05, 4.69) is 5.32 Å². The second-order valence-corrected chi connectivity index (χ2v) is 5.08. The lowest BCUT2D eigenvalue weighted by atomic mass is 9.97. The van der Waals surface area contributed by atoms with Gasteiger partial charge in [0.1, 0.15) is 0 Å². The number of carbonyl (C=O) groups is 1. The zero-order valence-corrected chi connectivity index (χ0v) is 11.1. The summed E-state index contributed by atoms with van der Waals surface area (Å²) >= 11 is 0. The molecule has 100 valence electrons. The van der Waals surface area contributed by atoms with Gasteiger partial charge in [-0.25, -0.2) is 4.79 Å². The normalized spacial score (nSPS) is 13.2. The fourth-order valence-electron chi connectivity index (χ4n) is 1.52. The lowest BCUT2D eigenvalue weighted by molar-refractivity contribution is 0.0698. The first-order chi connectivity index (χ1) is 8.15.